The van der Waals surface area contributed by atoms with E-state index in [-0.39, 0.29) is 0 Å². The third-order valence-electron chi connectivity index (χ3n) is 4.50. The van der Waals surface area contributed by atoms with Gasteiger partial charge in [0.2, 0.25) is 0 Å². The highest BCUT2D eigenvalue weighted by atomic mass is 35.5. The van der Waals surface area contributed by atoms with Crippen LogP contribution in [-0.2, 0) is 26.7 Å². The molecule has 3 aromatic rings. The summed E-state index contributed by atoms with van der Waals surface area (Å²) in [6.07, 6.45) is 0. The molecule has 0 saturated carbocycles. The second-order valence-corrected chi connectivity index (χ2v) is 6.52. The van der Waals surface area contributed by atoms with Crippen LogP contribution in [0.4, 0.5) is 0 Å². The molecule has 0 amide bonds. The minimum Gasteiger partial charge on any atom is -0.309 e. The highest BCUT2D eigenvalue weighted by Crippen LogP contribution is 2.25. The molecule has 2 aromatic heterocycles. The fourth-order valence-corrected chi connectivity index (χ4v) is 3.43. The number of benzene rings is 1. The van der Waals surface area contributed by atoms with Gasteiger partial charge in [0.05, 0.1) is 23.0 Å². The summed E-state index contributed by atoms with van der Waals surface area (Å²) >= 11 is 6.37. The van der Waals surface area contributed by atoms with Crippen molar-refractivity contribution >= 4 is 11.6 Å². The molecule has 124 valence electrons. The molecule has 1 aliphatic heterocycles. The Kier molecular flexibility index (Phi) is 3.86. The third kappa shape index (κ3) is 2.61. The van der Waals surface area contributed by atoms with E-state index in [0.29, 0.717) is 0 Å². The van der Waals surface area contributed by atoms with E-state index in [2.05, 4.69) is 36.9 Å². The fourth-order valence-electron chi connectivity index (χ4n) is 3.21. The molecule has 1 aromatic carbocycles. The lowest BCUT2D eigenvalue weighted by Gasteiger charge is -2.27. The molecular weight excluding hydrogens is 324 g/mol. The quantitative estimate of drug-likeness (QED) is 0.734. The largest absolute Gasteiger partial charge is 0.309 e. The Morgan fingerprint density at radius 3 is 2.62 bits per heavy atom. The second kappa shape index (κ2) is 6.03. The Morgan fingerprint density at radius 2 is 1.92 bits per heavy atom. The van der Waals surface area contributed by atoms with Gasteiger partial charge in [-0.1, -0.05) is 41.9 Å². The normalized spacial score (nSPS) is 14.8. The number of aryl methyl sites for hydroxylation is 2. The predicted octanol–water partition coefficient (Wildman–Crippen LogP) is 2.66. The summed E-state index contributed by atoms with van der Waals surface area (Å²) in [5, 5.41) is 13.9. The van der Waals surface area contributed by atoms with Gasteiger partial charge in [0, 0.05) is 32.2 Å². The minimum atomic E-state index is 0.759. The first-order chi connectivity index (χ1) is 11.6. The average molecular weight is 343 g/mol. The van der Waals surface area contributed by atoms with Crippen molar-refractivity contribution in [3.8, 4) is 11.4 Å². The summed E-state index contributed by atoms with van der Waals surface area (Å²) in [4.78, 5) is 2.33. The number of rotatable bonds is 3. The molecule has 4 rings (SSSR count). The molecule has 6 nitrogen and oxygen atoms in total. The van der Waals surface area contributed by atoms with Gasteiger partial charge in [-0.05, 0) is 6.92 Å². The summed E-state index contributed by atoms with van der Waals surface area (Å²) in [6, 6.07) is 10.2. The number of aromatic nitrogens is 5. The smallest absolute Gasteiger partial charge is 0.164 e. The molecule has 0 spiro atoms. The van der Waals surface area contributed by atoms with Crippen molar-refractivity contribution in [1.82, 2.24) is 29.4 Å². The Balaban J connectivity index is 1.56. The van der Waals surface area contributed by atoms with E-state index in [1.165, 1.54) is 0 Å². The van der Waals surface area contributed by atoms with E-state index < -0.39 is 0 Å². The van der Waals surface area contributed by atoms with Crippen LogP contribution in [-0.4, -0.2) is 36.0 Å². The van der Waals surface area contributed by atoms with Gasteiger partial charge in [0.25, 0.3) is 0 Å². The molecule has 0 N–H and O–H groups in total. The highest BCUT2D eigenvalue weighted by Gasteiger charge is 2.23. The molecule has 0 fully saturated rings. The van der Waals surface area contributed by atoms with E-state index >= 15 is 0 Å². The summed E-state index contributed by atoms with van der Waals surface area (Å²) in [6.45, 7) is 5.28. The van der Waals surface area contributed by atoms with Crippen molar-refractivity contribution in [3.05, 3.63) is 52.6 Å². The molecule has 1 aliphatic rings. The SMILES string of the molecule is Cc1nn(C)c(CN2CCn3c(nnc3-c3ccccc3)C2)c1Cl. The molecule has 0 bridgehead atoms. The van der Waals surface area contributed by atoms with Crippen molar-refractivity contribution in [2.75, 3.05) is 6.54 Å². The lowest BCUT2D eigenvalue weighted by molar-refractivity contribution is 0.204. The second-order valence-electron chi connectivity index (χ2n) is 6.14. The zero-order valence-electron chi connectivity index (χ0n) is 13.8. The van der Waals surface area contributed by atoms with Crippen LogP contribution in [0.2, 0.25) is 5.02 Å². The maximum atomic E-state index is 6.37. The van der Waals surface area contributed by atoms with Gasteiger partial charge in [0.15, 0.2) is 5.82 Å². The van der Waals surface area contributed by atoms with Crippen LogP contribution in [0.3, 0.4) is 0 Å². The molecule has 0 saturated heterocycles. The Morgan fingerprint density at radius 1 is 1.12 bits per heavy atom. The van der Waals surface area contributed by atoms with Crippen LogP contribution in [0.5, 0.6) is 0 Å². The summed E-state index contributed by atoms with van der Waals surface area (Å²) in [7, 11) is 1.94. The van der Waals surface area contributed by atoms with Gasteiger partial charge >= 0.3 is 0 Å². The number of fused-ring (bicyclic) bond motifs is 1. The van der Waals surface area contributed by atoms with Crippen LogP contribution in [0.15, 0.2) is 30.3 Å². The fraction of sp³-hybridized carbons (Fsp3) is 0.353. The van der Waals surface area contributed by atoms with E-state index in [1.807, 2.05) is 36.9 Å². The first-order valence-corrected chi connectivity index (χ1v) is 8.39. The lowest BCUT2D eigenvalue weighted by atomic mass is 10.2. The number of hydrogen-bond acceptors (Lipinski definition) is 4. The van der Waals surface area contributed by atoms with Crippen LogP contribution < -0.4 is 0 Å². The first kappa shape index (κ1) is 15.4. The minimum absolute atomic E-state index is 0.759. The summed E-state index contributed by atoms with van der Waals surface area (Å²) in [5.41, 5.74) is 3.03. The molecule has 24 heavy (non-hydrogen) atoms. The van der Waals surface area contributed by atoms with Gasteiger partial charge in [-0.3, -0.25) is 9.58 Å². The Hall–Kier alpha value is -2.18. The standard InChI is InChI=1S/C17H19ClN6/c1-12-16(18)14(22(2)21-12)10-23-8-9-24-15(11-23)19-20-17(24)13-6-4-3-5-7-13/h3-7H,8-11H2,1-2H3. The van der Waals surface area contributed by atoms with Crippen LogP contribution in [0.25, 0.3) is 11.4 Å². The number of nitrogens with zero attached hydrogens (tertiary/aromatic N) is 6. The van der Waals surface area contributed by atoms with Crippen molar-refractivity contribution < 1.29 is 0 Å². The van der Waals surface area contributed by atoms with E-state index in [9.17, 15) is 0 Å². The van der Waals surface area contributed by atoms with E-state index in [0.717, 1.165) is 59.8 Å². The van der Waals surface area contributed by atoms with Crippen molar-refractivity contribution in [3.63, 3.8) is 0 Å². The van der Waals surface area contributed by atoms with Crippen molar-refractivity contribution in [2.45, 2.75) is 26.6 Å². The van der Waals surface area contributed by atoms with E-state index in [4.69, 9.17) is 11.6 Å². The van der Waals surface area contributed by atoms with Gasteiger partial charge in [-0.2, -0.15) is 5.10 Å². The summed E-state index contributed by atoms with van der Waals surface area (Å²) < 4.78 is 4.08. The lowest BCUT2D eigenvalue weighted by Crippen LogP contribution is -2.34. The van der Waals surface area contributed by atoms with Crippen LogP contribution in [0, 0.1) is 6.92 Å². The summed E-state index contributed by atoms with van der Waals surface area (Å²) in [5.74, 6) is 1.94. The maximum Gasteiger partial charge on any atom is 0.164 e. The maximum absolute atomic E-state index is 6.37. The molecule has 0 radical (unpaired) electrons. The topological polar surface area (TPSA) is 51.8 Å². The Labute approximate surface area is 145 Å². The monoisotopic (exact) mass is 342 g/mol. The molecule has 0 aliphatic carbocycles. The van der Waals surface area contributed by atoms with Crippen LogP contribution >= 0.6 is 11.6 Å². The van der Waals surface area contributed by atoms with Crippen LogP contribution in [0.1, 0.15) is 17.2 Å². The van der Waals surface area contributed by atoms with Gasteiger partial charge in [0.1, 0.15) is 5.82 Å². The van der Waals surface area contributed by atoms with Crippen molar-refractivity contribution in [2.24, 2.45) is 7.05 Å². The number of halogens is 1. The molecule has 0 unspecified atom stereocenters. The van der Waals surface area contributed by atoms with Gasteiger partial charge in [-0.15, -0.1) is 10.2 Å². The zero-order valence-corrected chi connectivity index (χ0v) is 14.5. The third-order valence-corrected chi connectivity index (χ3v) is 4.99. The van der Waals surface area contributed by atoms with Gasteiger partial charge in [-0.25, -0.2) is 0 Å². The molecular formula is C17H19ClN6. The number of hydrogen-bond donors (Lipinski definition) is 0. The van der Waals surface area contributed by atoms with E-state index in [1.54, 1.807) is 0 Å². The first-order valence-electron chi connectivity index (χ1n) is 8.01. The molecule has 0 atom stereocenters. The molecule has 3 heterocycles. The molecule has 7 heteroatoms. The Bertz CT molecular complexity index is 867. The predicted molar refractivity (Wildman–Crippen MR) is 92.5 cm³/mol. The highest BCUT2D eigenvalue weighted by molar-refractivity contribution is 6.31. The van der Waals surface area contributed by atoms with Gasteiger partial charge < -0.3 is 4.57 Å². The zero-order chi connectivity index (χ0) is 16.7. The average Bonchev–Trinajstić information content (AvgIpc) is 3.12. The van der Waals surface area contributed by atoms with Crippen molar-refractivity contribution in [1.29, 1.82) is 0 Å².